The van der Waals surface area contributed by atoms with Crippen LogP contribution >= 0.6 is 11.8 Å². The molecule has 0 aromatic heterocycles. The molecule has 1 amide bonds. The van der Waals surface area contributed by atoms with Crippen molar-refractivity contribution < 1.29 is 14.3 Å². The molecule has 29 heavy (non-hydrogen) atoms. The number of benzene rings is 3. The third-order valence-electron chi connectivity index (χ3n) is 4.33. The summed E-state index contributed by atoms with van der Waals surface area (Å²) in [5, 5.41) is 2.96. The maximum Gasteiger partial charge on any atom is 0.255 e. The van der Waals surface area contributed by atoms with Crippen LogP contribution in [0.5, 0.6) is 11.5 Å². The van der Waals surface area contributed by atoms with Crippen LogP contribution in [0.25, 0.3) is 0 Å². The predicted octanol–water partition coefficient (Wildman–Crippen LogP) is 5.95. The van der Waals surface area contributed by atoms with Gasteiger partial charge in [0.15, 0.2) is 0 Å². The number of hydrogen-bond donors (Lipinski definition) is 1. The number of carbonyl (C=O) groups excluding carboxylic acids is 1. The monoisotopic (exact) mass is 407 g/mol. The van der Waals surface area contributed by atoms with Crippen LogP contribution in [0.3, 0.4) is 0 Å². The summed E-state index contributed by atoms with van der Waals surface area (Å²) in [6.45, 7) is 4.83. The molecule has 0 unspecified atom stereocenters. The smallest absolute Gasteiger partial charge is 0.255 e. The van der Waals surface area contributed by atoms with E-state index in [0.717, 1.165) is 33.2 Å². The van der Waals surface area contributed by atoms with Crippen LogP contribution in [0.15, 0.2) is 71.6 Å². The highest BCUT2D eigenvalue weighted by Crippen LogP contribution is 2.24. The van der Waals surface area contributed by atoms with Gasteiger partial charge in [0.1, 0.15) is 18.1 Å². The first kappa shape index (κ1) is 20.8. The van der Waals surface area contributed by atoms with E-state index in [1.54, 1.807) is 17.8 Å². The maximum atomic E-state index is 12.8. The number of ether oxygens (including phenoxy) is 2. The molecule has 3 aromatic carbocycles. The summed E-state index contributed by atoms with van der Waals surface area (Å²) in [6, 6.07) is 21.1. The minimum absolute atomic E-state index is 0.164. The van der Waals surface area contributed by atoms with Crippen molar-refractivity contribution in [2.75, 3.05) is 18.2 Å². The zero-order chi connectivity index (χ0) is 20.6. The summed E-state index contributed by atoms with van der Waals surface area (Å²) >= 11 is 1.64. The van der Waals surface area contributed by atoms with Crippen LogP contribution in [-0.4, -0.2) is 18.8 Å². The van der Waals surface area contributed by atoms with E-state index in [1.165, 1.54) is 0 Å². The zero-order valence-corrected chi connectivity index (χ0v) is 17.7. The van der Waals surface area contributed by atoms with Crippen molar-refractivity contribution in [1.29, 1.82) is 0 Å². The molecule has 0 bridgehead atoms. The first-order chi connectivity index (χ1) is 14.1. The highest BCUT2D eigenvalue weighted by Gasteiger charge is 2.12. The molecule has 4 nitrogen and oxygen atoms in total. The molecule has 0 aliphatic rings. The molecule has 1 N–H and O–H groups in total. The van der Waals surface area contributed by atoms with Crippen molar-refractivity contribution in [2.24, 2.45) is 0 Å². The number of aryl methyl sites for hydroxylation is 1. The number of amides is 1. The fourth-order valence-corrected chi connectivity index (χ4v) is 3.36. The Bertz CT molecular complexity index is 987. The molecular weight excluding hydrogens is 382 g/mol. The molecule has 3 rings (SSSR count). The summed E-state index contributed by atoms with van der Waals surface area (Å²) in [7, 11) is 0. The summed E-state index contributed by atoms with van der Waals surface area (Å²) in [5.74, 6) is 1.35. The van der Waals surface area contributed by atoms with Gasteiger partial charge in [0.05, 0.1) is 6.61 Å². The average molecular weight is 408 g/mol. The van der Waals surface area contributed by atoms with Crippen LogP contribution in [0.1, 0.15) is 28.4 Å². The zero-order valence-electron chi connectivity index (χ0n) is 16.9. The molecule has 0 saturated heterocycles. The highest BCUT2D eigenvalue weighted by atomic mass is 32.2. The Kier molecular flexibility index (Phi) is 7.19. The Labute approximate surface area is 176 Å². The molecule has 5 heteroatoms. The molecule has 0 aliphatic carbocycles. The summed E-state index contributed by atoms with van der Waals surface area (Å²) in [5.41, 5.74) is 3.30. The molecule has 3 aromatic rings. The molecule has 0 radical (unpaired) electrons. The number of hydrogen-bond acceptors (Lipinski definition) is 4. The molecule has 0 heterocycles. The molecule has 0 atom stereocenters. The third-order valence-corrected chi connectivity index (χ3v) is 5.06. The minimum atomic E-state index is -0.164. The number of carbonyl (C=O) groups is 1. The number of thioether (sulfide) groups is 1. The van der Waals surface area contributed by atoms with Crippen LogP contribution in [0, 0.1) is 6.92 Å². The Morgan fingerprint density at radius 2 is 1.83 bits per heavy atom. The third kappa shape index (κ3) is 5.78. The standard InChI is InChI=1S/C24H25NO3S/c1-4-27-23-12-11-18(24(26)25-20-8-6-10-22(15-20)29-3)14-19(23)16-28-21-9-5-7-17(2)13-21/h5-15H,4,16H2,1-3H3,(H,25,26). The number of rotatable bonds is 8. The van der Waals surface area contributed by atoms with E-state index in [9.17, 15) is 4.79 Å². The lowest BCUT2D eigenvalue weighted by molar-refractivity contribution is 0.102. The van der Waals surface area contributed by atoms with Gasteiger partial charge in [-0.1, -0.05) is 18.2 Å². The number of anilines is 1. The van der Waals surface area contributed by atoms with Crippen molar-refractivity contribution in [2.45, 2.75) is 25.3 Å². The molecule has 0 fully saturated rings. The van der Waals surface area contributed by atoms with Gasteiger partial charge in [-0.25, -0.2) is 0 Å². The topological polar surface area (TPSA) is 47.6 Å². The second-order valence-electron chi connectivity index (χ2n) is 6.55. The van der Waals surface area contributed by atoms with Crippen molar-refractivity contribution in [3.63, 3.8) is 0 Å². The quantitative estimate of drug-likeness (QED) is 0.469. The van der Waals surface area contributed by atoms with Gasteiger partial charge < -0.3 is 14.8 Å². The Morgan fingerprint density at radius 3 is 2.59 bits per heavy atom. The van der Waals surface area contributed by atoms with E-state index in [4.69, 9.17) is 9.47 Å². The van der Waals surface area contributed by atoms with Gasteiger partial charge in [-0.2, -0.15) is 0 Å². The Balaban J connectivity index is 1.78. The van der Waals surface area contributed by atoms with Crippen molar-refractivity contribution in [3.8, 4) is 11.5 Å². The van der Waals surface area contributed by atoms with Gasteiger partial charge in [0.25, 0.3) is 5.91 Å². The predicted molar refractivity (Wildman–Crippen MR) is 119 cm³/mol. The van der Waals surface area contributed by atoms with Crippen molar-refractivity contribution >= 4 is 23.4 Å². The van der Waals surface area contributed by atoms with Crippen LogP contribution < -0.4 is 14.8 Å². The molecule has 0 spiro atoms. The van der Waals surface area contributed by atoms with Gasteiger partial charge in [-0.05, 0) is 74.2 Å². The van der Waals surface area contributed by atoms with Crippen LogP contribution in [0.2, 0.25) is 0 Å². The van der Waals surface area contributed by atoms with E-state index in [0.29, 0.717) is 18.8 Å². The first-order valence-corrected chi connectivity index (χ1v) is 10.7. The Hall–Kier alpha value is -2.92. The lowest BCUT2D eigenvalue weighted by Gasteiger charge is -2.14. The van der Waals surface area contributed by atoms with Crippen LogP contribution in [-0.2, 0) is 6.61 Å². The van der Waals surface area contributed by atoms with E-state index in [-0.39, 0.29) is 5.91 Å². The van der Waals surface area contributed by atoms with Gasteiger partial charge in [-0.15, -0.1) is 11.8 Å². The van der Waals surface area contributed by atoms with Gasteiger partial charge >= 0.3 is 0 Å². The fraction of sp³-hybridized carbons (Fsp3) is 0.208. The summed E-state index contributed by atoms with van der Waals surface area (Å²) in [6.07, 6.45) is 2.01. The SMILES string of the molecule is CCOc1ccc(C(=O)Nc2cccc(SC)c2)cc1COc1cccc(C)c1. The second-order valence-corrected chi connectivity index (χ2v) is 7.43. The van der Waals surface area contributed by atoms with Crippen molar-refractivity contribution in [3.05, 3.63) is 83.4 Å². The molecule has 150 valence electrons. The summed E-state index contributed by atoms with van der Waals surface area (Å²) < 4.78 is 11.6. The lowest BCUT2D eigenvalue weighted by Crippen LogP contribution is -2.13. The number of nitrogens with one attached hydrogen (secondary N) is 1. The molecule has 0 aliphatic heterocycles. The normalized spacial score (nSPS) is 10.4. The van der Waals surface area contributed by atoms with E-state index < -0.39 is 0 Å². The molecule has 0 saturated carbocycles. The first-order valence-electron chi connectivity index (χ1n) is 9.49. The second kappa shape index (κ2) is 10.0. The summed E-state index contributed by atoms with van der Waals surface area (Å²) in [4.78, 5) is 13.9. The average Bonchev–Trinajstić information content (AvgIpc) is 2.73. The van der Waals surface area contributed by atoms with E-state index >= 15 is 0 Å². The van der Waals surface area contributed by atoms with Gasteiger partial charge in [0, 0.05) is 21.7 Å². The minimum Gasteiger partial charge on any atom is -0.493 e. The molecular formula is C24H25NO3S. The van der Waals surface area contributed by atoms with Gasteiger partial charge in [-0.3, -0.25) is 4.79 Å². The largest absolute Gasteiger partial charge is 0.493 e. The highest BCUT2D eigenvalue weighted by molar-refractivity contribution is 7.98. The lowest BCUT2D eigenvalue weighted by atomic mass is 10.1. The Morgan fingerprint density at radius 1 is 1.00 bits per heavy atom. The fourth-order valence-electron chi connectivity index (χ4n) is 2.90. The maximum absolute atomic E-state index is 12.8. The van der Waals surface area contributed by atoms with E-state index in [2.05, 4.69) is 5.32 Å². The van der Waals surface area contributed by atoms with E-state index in [1.807, 2.05) is 80.8 Å². The van der Waals surface area contributed by atoms with Gasteiger partial charge in [0.2, 0.25) is 0 Å². The van der Waals surface area contributed by atoms with Crippen molar-refractivity contribution in [1.82, 2.24) is 0 Å². The van der Waals surface area contributed by atoms with Crippen LogP contribution in [0.4, 0.5) is 5.69 Å².